The number of rotatable bonds is 2. The van der Waals surface area contributed by atoms with Crippen LogP contribution in [-0.2, 0) is 16.6 Å². The van der Waals surface area contributed by atoms with Crippen LogP contribution < -0.4 is 0 Å². The number of ether oxygens (including phenoxy) is 1. The monoisotopic (exact) mass is 370 g/mol. The molecule has 0 N–H and O–H groups in total. The van der Waals surface area contributed by atoms with Crippen LogP contribution in [0.4, 0.5) is 0 Å². The van der Waals surface area contributed by atoms with Crippen molar-refractivity contribution >= 4 is 22.8 Å². The third-order valence-electron chi connectivity index (χ3n) is 6.17. The van der Waals surface area contributed by atoms with Crippen LogP contribution in [0.25, 0.3) is 11.0 Å². The molecule has 1 unspecified atom stereocenters. The highest BCUT2D eigenvalue weighted by Gasteiger charge is 2.48. The lowest BCUT2D eigenvalue weighted by Gasteiger charge is -2.47. The molecule has 144 valence electrons. The molecule has 2 aromatic rings. The SMILES string of the molecule is COC1CN(C)C(=O)C2(CCN(C(=O)c3ccc4ccn(C)c4n3)CC2)C1. The number of pyridine rings is 1. The number of hydrogen-bond acceptors (Lipinski definition) is 4. The van der Waals surface area contributed by atoms with Crippen LogP contribution in [0.15, 0.2) is 24.4 Å². The predicted molar refractivity (Wildman–Crippen MR) is 101 cm³/mol. The number of likely N-dealkylation sites (N-methyl/N-ethyl adjacent to an activating group) is 1. The Bertz CT molecular complexity index is 882. The maximum atomic E-state index is 12.9. The summed E-state index contributed by atoms with van der Waals surface area (Å²) in [6, 6.07) is 5.71. The van der Waals surface area contributed by atoms with Crippen molar-refractivity contribution in [1.82, 2.24) is 19.4 Å². The van der Waals surface area contributed by atoms with E-state index in [1.807, 2.05) is 41.9 Å². The fourth-order valence-corrected chi connectivity index (χ4v) is 4.51. The molecule has 4 heterocycles. The van der Waals surface area contributed by atoms with Crippen LogP contribution in [0.5, 0.6) is 0 Å². The zero-order valence-electron chi connectivity index (χ0n) is 16.1. The topological polar surface area (TPSA) is 67.7 Å². The lowest BCUT2D eigenvalue weighted by Crippen LogP contribution is -2.57. The molecule has 1 spiro atoms. The average Bonchev–Trinajstić information content (AvgIpc) is 3.06. The highest BCUT2D eigenvalue weighted by atomic mass is 16.5. The number of likely N-dealkylation sites (tertiary alicyclic amines) is 2. The second kappa shape index (κ2) is 6.64. The first-order valence-corrected chi connectivity index (χ1v) is 9.43. The van der Waals surface area contributed by atoms with Crippen LogP contribution in [0.3, 0.4) is 0 Å². The molecule has 0 aliphatic carbocycles. The van der Waals surface area contributed by atoms with E-state index in [-0.39, 0.29) is 17.9 Å². The van der Waals surface area contributed by atoms with Gasteiger partial charge in [-0.3, -0.25) is 9.59 Å². The number of nitrogens with zero attached hydrogens (tertiary/aromatic N) is 4. The minimum absolute atomic E-state index is 0.0622. The van der Waals surface area contributed by atoms with Crippen LogP contribution >= 0.6 is 0 Å². The van der Waals surface area contributed by atoms with E-state index < -0.39 is 5.41 Å². The van der Waals surface area contributed by atoms with E-state index in [1.54, 1.807) is 18.1 Å². The van der Waals surface area contributed by atoms with Crippen molar-refractivity contribution in [3.8, 4) is 0 Å². The smallest absolute Gasteiger partial charge is 0.272 e. The standard InChI is InChI=1S/C20H26N4O3/c1-22-9-6-14-4-5-16(21-17(14)22)18(25)24-10-7-20(8-11-24)12-15(27-3)13-23(2)19(20)26/h4-6,9,15H,7-8,10-13H2,1-3H3. The van der Waals surface area contributed by atoms with Gasteiger partial charge in [0.1, 0.15) is 11.3 Å². The van der Waals surface area contributed by atoms with Crippen molar-refractivity contribution in [3.05, 3.63) is 30.1 Å². The molecule has 2 aliphatic heterocycles. The molecular weight excluding hydrogens is 344 g/mol. The first-order valence-electron chi connectivity index (χ1n) is 9.43. The normalized spacial score (nSPS) is 22.6. The van der Waals surface area contributed by atoms with Gasteiger partial charge in [-0.15, -0.1) is 0 Å². The van der Waals surface area contributed by atoms with Gasteiger partial charge in [0, 0.05) is 52.4 Å². The van der Waals surface area contributed by atoms with Crippen molar-refractivity contribution < 1.29 is 14.3 Å². The third kappa shape index (κ3) is 3.00. The Balaban J connectivity index is 1.50. The molecule has 2 fully saturated rings. The second-order valence-electron chi connectivity index (χ2n) is 7.86. The van der Waals surface area contributed by atoms with Gasteiger partial charge < -0.3 is 19.1 Å². The van der Waals surface area contributed by atoms with E-state index in [1.165, 1.54) is 0 Å². The first-order chi connectivity index (χ1) is 12.9. The number of aryl methyl sites for hydroxylation is 1. The Labute approximate surface area is 158 Å². The largest absolute Gasteiger partial charge is 0.380 e. The number of hydrogen-bond donors (Lipinski definition) is 0. The number of aromatic nitrogens is 2. The van der Waals surface area contributed by atoms with E-state index in [0.29, 0.717) is 38.2 Å². The third-order valence-corrected chi connectivity index (χ3v) is 6.17. The Morgan fingerprint density at radius 3 is 2.67 bits per heavy atom. The fourth-order valence-electron chi connectivity index (χ4n) is 4.51. The summed E-state index contributed by atoms with van der Waals surface area (Å²) in [5, 5.41) is 1.02. The Morgan fingerprint density at radius 1 is 1.22 bits per heavy atom. The predicted octanol–water partition coefficient (Wildman–Crippen LogP) is 1.67. The number of carbonyl (C=O) groups excluding carboxylic acids is 2. The quantitative estimate of drug-likeness (QED) is 0.807. The Hall–Kier alpha value is -2.41. The summed E-state index contributed by atoms with van der Waals surface area (Å²) in [7, 11) is 5.46. The molecule has 0 radical (unpaired) electrons. The van der Waals surface area contributed by atoms with Gasteiger partial charge in [-0.05, 0) is 37.5 Å². The lowest BCUT2D eigenvalue weighted by atomic mass is 9.71. The fraction of sp³-hybridized carbons (Fsp3) is 0.550. The van der Waals surface area contributed by atoms with Crippen LogP contribution in [0.1, 0.15) is 29.8 Å². The first kappa shape index (κ1) is 18.0. The van der Waals surface area contributed by atoms with Gasteiger partial charge >= 0.3 is 0 Å². The van der Waals surface area contributed by atoms with Crippen LogP contribution in [0.2, 0.25) is 0 Å². The summed E-state index contributed by atoms with van der Waals surface area (Å²) in [5.74, 6) is 0.124. The molecule has 0 bridgehead atoms. The highest BCUT2D eigenvalue weighted by Crippen LogP contribution is 2.41. The van der Waals surface area contributed by atoms with E-state index in [0.717, 1.165) is 17.5 Å². The maximum Gasteiger partial charge on any atom is 0.272 e. The molecule has 2 amide bonds. The minimum Gasteiger partial charge on any atom is -0.380 e. The van der Waals surface area contributed by atoms with Crippen molar-refractivity contribution in [1.29, 1.82) is 0 Å². The van der Waals surface area contributed by atoms with Crippen molar-refractivity contribution in [2.45, 2.75) is 25.4 Å². The van der Waals surface area contributed by atoms with Gasteiger partial charge in [0.25, 0.3) is 5.91 Å². The summed E-state index contributed by atoms with van der Waals surface area (Å²) in [4.78, 5) is 33.9. The molecule has 0 saturated carbocycles. The van der Waals surface area contributed by atoms with Gasteiger partial charge in [-0.1, -0.05) is 0 Å². The van der Waals surface area contributed by atoms with Gasteiger partial charge in [0.2, 0.25) is 5.91 Å². The molecule has 2 saturated heterocycles. The molecule has 7 nitrogen and oxygen atoms in total. The lowest BCUT2D eigenvalue weighted by molar-refractivity contribution is -0.155. The summed E-state index contributed by atoms with van der Waals surface area (Å²) in [5.41, 5.74) is 0.864. The summed E-state index contributed by atoms with van der Waals surface area (Å²) >= 11 is 0. The van der Waals surface area contributed by atoms with Crippen LogP contribution in [-0.4, -0.2) is 71.1 Å². The van der Waals surface area contributed by atoms with E-state index >= 15 is 0 Å². The molecule has 0 aromatic carbocycles. The van der Waals surface area contributed by atoms with Crippen LogP contribution in [0, 0.1) is 5.41 Å². The average molecular weight is 370 g/mol. The van der Waals surface area contributed by atoms with E-state index in [2.05, 4.69) is 4.98 Å². The highest BCUT2D eigenvalue weighted by molar-refractivity contribution is 5.95. The van der Waals surface area contributed by atoms with E-state index in [4.69, 9.17) is 4.74 Å². The molecule has 4 rings (SSSR count). The Morgan fingerprint density at radius 2 is 1.96 bits per heavy atom. The maximum absolute atomic E-state index is 12.9. The molecule has 27 heavy (non-hydrogen) atoms. The summed E-state index contributed by atoms with van der Waals surface area (Å²) < 4.78 is 7.45. The minimum atomic E-state index is -0.403. The number of piperidine rings is 2. The van der Waals surface area contributed by atoms with E-state index in [9.17, 15) is 9.59 Å². The molecular formula is C20H26N4O3. The molecule has 2 aliphatic rings. The zero-order chi connectivity index (χ0) is 19.2. The molecule has 1 atom stereocenters. The number of amides is 2. The van der Waals surface area contributed by atoms with Crippen molar-refractivity contribution in [2.24, 2.45) is 12.5 Å². The van der Waals surface area contributed by atoms with Crippen molar-refractivity contribution in [2.75, 3.05) is 33.8 Å². The van der Waals surface area contributed by atoms with Gasteiger partial charge in [-0.2, -0.15) is 0 Å². The molecule has 7 heteroatoms. The number of methoxy groups -OCH3 is 1. The second-order valence-corrected chi connectivity index (χ2v) is 7.86. The Kier molecular flexibility index (Phi) is 4.42. The molecule has 2 aromatic heterocycles. The van der Waals surface area contributed by atoms with Gasteiger partial charge in [0.15, 0.2) is 0 Å². The summed E-state index contributed by atoms with van der Waals surface area (Å²) in [6.45, 7) is 1.78. The zero-order valence-corrected chi connectivity index (χ0v) is 16.1. The number of carbonyl (C=O) groups is 2. The number of fused-ring (bicyclic) bond motifs is 1. The summed E-state index contributed by atoms with van der Waals surface area (Å²) in [6.07, 6.45) is 4.09. The van der Waals surface area contributed by atoms with Gasteiger partial charge in [0.05, 0.1) is 11.5 Å². The van der Waals surface area contributed by atoms with Crippen molar-refractivity contribution in [3.63, 3.8) is 0 Å². The van der Waals surface area contributed by atoms with Gasteiger partial charge in [-0.25, -0.2) is 4.98 Å².